The molecular formula is C12H14F2N2O2S. The Morgan fingerprint density at radius 1 is 1.32 bits per heavy atom. The van der Waals surface area contributed by atoms with Gasteiger partial charge < -0.3 is 5.32 Å². The molecule has 0 amide bonds. The van der Waals surface area contributed by atoms with Gasteiger partial charge >= 0.3 is 5.69 Å². The van der Waals surface area contributed by atoms with Gasteiger partial charge in [0.25, 0.3) is 0 Å². The first-order valence-corrected chi connectivity index (χ1v) is 7.17. The number of nitro groups is 1. The molecule has 1 fully saturated rings. The molecule has 2 rings (SSSR count). The van der Waals surface area contributed by atoms with Crippen molar-refractivity contribution < 1.29 is 13.7 Å². The van der Waals surface area contributed by atoms with E-state index >= 15 is 0 Å². The highest BCUT2D eigenvalue weighted by molar-refractivity contribution is 7.99. The van der Waals surface area contributed by atoms with Crippen molar-refractivity contribution >= 4 is 17.4 Å². The maximum Gasteiger partial charge on any atom is 0.305 e. The SMILES string of the molecule is O=[N+]([O-])c1cc(CNC2CCSCC2)c(F)cc1F. The lowest BCUT2D eigenvalue weighted by molar-refractivity contribution is -0.387. The van der Waals surface area contributed by atoms with E-state index in [9.17, 15) is 18.9 Å². The summed E-state index contributed by atoms with van der Waals surface area (Å²) in [6.07, 6.45) is 1.99. The Morgan fingerprint density at radius 2 is 2.00 bits per heavy atom. The number of thioether (sulfide) groups is 1. The second-order valence-electron chi connectivity index (χ2n) is 4.42. The van der Waals surface area contributed by atoms with Crippen molar-refractivity contribution in [2.24, 2.45) is 0 Å². The van der Waals surface area contributed by atoms with Crippen molar-refractivity contribution in [3.05, 3.63) is 39.4 Å². The van der Waals surface area contributed by atoms with Crippen molar-refractivity contribution in [2.45, 2.75) is 25.4 Å². The monoisotopic (exact) mass is 288 g/mol. The zero-order valence-electron chi connectivity index (χ0n) is 10.2. The zero-order chi connectivity index (χ0) is 13.8. The van der Waals surface area contributed by atoms with Crippen molar-refractivity contribution in [3.63, 3.8) is 0 Å². The van der Waals surface area contributed by atoms with E-state index in [1.165, 1.54) is 0 Å². The van der Waals surface area contributed by atoms with Crippen LogP contribution in [0.15, 0.2) is 12.1 Å². The van der Waals surface area contributed by atoms with Gasteiger partial charge in [0.15, 0.2) is 0 Å². The molecular weight excluding hydrogens is 274 g/mol. The number of halogens is 2. The quantitative estimate of drug-likeness (QED) is 0.683. The lowest BCUT2D eigenvalue weighted by atomic mass is 10.1. The maximum absolute atomic E-state index is 13.5. The predicted molar refractivity (Wildman–Crippen MR) is 70.2 cm³/mol. The van der Waals surface area contributed by atoms with Gasteiger partial charge in [0.2, 0.25) is 5.82 Å². The molecule has 1 aromatic rings. The Morgan fingerprint density at radius 3 is 2.63 bits per heavy atom. The minimum absolute atomic E-state index is 0.131. The fraction of sp³-hybridized carbons (Fsp3) is 0.500. The molecule has 0 aromatic heterocycles. The van der Waals surface area contributed by atoms with Crippen LogP contribution in [0.4, 0.5) is 14.5 Å². The molecule has 1 N–H and O–H groups in total. The number of hydrogen-bond donors (Lipinski definition) is 1. The van der Waals surface area contributed by atoms with Gasteiger partial charge in [0.05, 0.1) is 4.92 Å². The second kappa shape index (κ2) is 6.29. The van der Waals surface area contributed by atoms with Crippen LogP contribution < -0.4 is 5.32 Å². The minimum atomic E-state index is -1.14. The Labute approximate surface area is 113 Å². The lowest BCUT2D eigenvalue weighted by Crippen LogP contribution is -2.32. The van der Waals surface area contributed by atoms with Crippen LogP contribution in [0, 0.1) is 21.7 Å². The third-order valence-electron chi connectivity index (χ3n) is 3.12. The molecule has 1 aromatic carbocycles. The van der Waals surface area contributed by atoms with Crippen molar-refractivity contribution in [1.82, 2.24) is 5.32 Å². The van der Waals surface area contributed by atoms with Crippen molar-refractivity contribution in [3.8, 4) is 0 Å². The Bertz CT molecular complexity index is 479. The largest absolute Gasteiger partial charge is 0.310 e. The Balaban J connectivity index is 2.06. The maximum atomic E-state index is 13.5. The molecule has 4 nitrogen and oxygen atoms in total. The first-order valence-electron chi connectivity index (χ1n) is 6.01. The number of nitro benzene ring substituents is 1. The summed E-state index contributed by atoms with van der Waals surface area (Å²) in [5.74, 6) is 0.231. The van der Waals surface area contributed by atoms with E-state index in [1.54, 1.807) is 0 Å². The topological polar surface area (TPSA) is 55.2 Å². The first-order chi connectivity index (χ1) is 9.08. The number of hydrogen-bond acceptors (Lipinski definition) is 4. The molecule has 0 radical (unpaired) electrons. The van der Waals surface area contributed by atoms with Crippen LogP contribution in [0.2, 0.25) is 0 Å². The van der Waals surface area contributed by atoms with Gasteiger partial charge in [-0.05, 0) is 24.3 Å². The summed E-state index contributed by atoms with van der Waals surface area (Å²) in [6, 6.07) is 1.84. The lowest BCUT2D eigenvalue weighted by Gasteiger charge is -2.22. The van der Waals surface area contributed by atoms with Crippen LogP contribution in [0.25, 0.3) is 0 Å². The second-order valence-corrected chi connectivity index (χ2v) is 5.64. The zero-order valence-corrected chi connectivity index (χ0v) is 11.0. The highest BCUT2D eigenvalue weighted by atomic mass is 32.2. The first kappa shape index (κ1) is 14.2. The molecule has 7 heteroatoms. The van der Waals surface area contributed by atoms with Crippen LogP contribution >= 0.6 is 11.8 Å². The third kappa shape index (κ3) is 3.63. The molecule has 1 heterocycles. The normalized spacial score (nSPS) is 16.5. The predicted octanol–water partition coefficient (Wildman–Crippen LogP) is 2.86. The van der Waals surface area contributed by atoms with Gasteiger partial charge in [-0.25, -0.2) is 4.39 Å². The van der Waals surface area contributed by atoms with Crippen LogP contribution in [0.1, 0.15) is 18.4 Å². The highest BCUT2D eigenvalue weighted by Gasteiger charge is 2.19. The van der Waals surface area contributed by atoms with Gasteiger partial charge in [-0.2, -0.15) is 16.2 Å². The van der Waals surface area contributed by atoms with Gasteiger partial charge in [0, 0.05) is 30.3 Å². The fourth-order valence-electron chi connectivity index (χ4n) is 2.01. The summed E-state index contributed by atoms with van der Waals surface area (Å²) in [5, 5.41) is 13.8. The van der Waals surface area contributed by atoms with E-state index in [1.807, 2.05) is 11.8 Å². The average Bonchev–Trinajstić information content (AvgIpc) is 2.38. The van der Waals surface area contributed by atoms with Gasteiger partial charge in [-0.15, -0.1) is 0 Å². The third-order valence-corrected chi connectivity index (χ3v) is 4.16. The average molecular weight is 288 g/mol. The summed E-state index contributed by atoms with van der Waals surface area (Å²) < 4.78 is 26.7. The summed E-state index contributed by atoms with van der Waals surface area (Å²) in [6.45, 7) is 0.183. The molecule has 0 unspecified atom stereocenters. The summed E-state index contributed by atoms with van der Waals surface area (Å²) in [7, 11) is 0. The van der Waals surface area contributed by atoms with Crippen LogP contribution in [0.3, 0.4) is 0 Å². The van der Waals surface area contributed by atoms with Gasteiger partial charge in [0.1, 0.15) is 5.82 Å². The van der Waals surface area contributed by atoms with Gasteiger partial charge in [-0.3, -0.25) is 10.1 Å². The molecule has 1 aliphatic rings. The Kier molecular flexibility index (Phi) is 4.71. The van der Waals surface area contributed by atoms with Crippen molar-refractivity contribution in [2.75, 3.05) is 11.5 Å². The van der Waals surface area contributed by atoms with E-state index in [2.05, 4.69) is 5.32 Å². The molecule has 1 saturated heterocycles. The van der Waals surface area contributed by atoms with E-state index in [0.29, 0.717) is 12.1 Å². The molecule has 19 heavy (non-hydrogen) atoms. The van der Waals surface area contributed by atoms with Crippen LogP contribution in [-0.2, 0) is 6.54 Å². The summed E-state index contributed by atoms with van der Waals surface area (Å²) in [4.78, 5) is 9.77. The number of rotatable bonds is 4. The number of benzene rings is 1. The van der Waals surface area contributed by atoms with Crippen molar-refractivity contribution in [1.29, 1.82) is 0 Å². The van der Waals surface area contributed by atoms with E-state index in [0.717, 1.165) is 30.4 Å². The molecule has 0 aliphatic carbocycles. The minimum Gasteiger partial charge on any atom is -0.310 e. The molecule has 0 atom stereocenters. The van der Waals surface area contributed by atoms with E-state index in [4.69, 9.17) is 0 Å². The van der Waals surface area contributed by atoms with Crippen LogP contribution in [0.5, 0.6) is 0 Å². The number of nitrogens with zero attached hydrogens (tertiary/aromatic N) is 1. The smallest absolute Gasteiger partial charge is 0.305 e. The molecule has 0 saturated carbocycles. The van der Waals surface area contributed by atoms with E-state index in [-0.39, 0.29) is 12.1 Å². The van der Waals surface area contributed by atoms with Gasteiger partial charge in [-0.1, -0.05) is 0 Å². The molecule has 104 valence electrons. The summed E-state index contributed by atoms with van der Waals surface area (Å²) >= 11 is 1.88. The number of nitrogens with one attached hydrogen (secondary N) is 1. The fourth-order valence-corrected chi connectivity index (χ4v) is 3.12. The summed E-state index contributed by atoms with van der Waals surface area (Å²) in [5.41, 5.74) is -0.552. The highest BCUT2D eigenvalue weighted by Crippen LogP contribution is 2.22. The Hall–Kier alpha value is -1.21. The molecule has 1 aliphatic heterocycles. The van der Waals surface area contributed by atoms with E-state index < -0.39 is 22.2 Å². The van der Waals surface area contributed by atoms with Crippen LogP contribution in [-0.4, -0.2) is 22.5 Å². The molecule has 0 spiro atoms. The molecule has 0 bridgehead atoms. The standard InChI is InChI=1S/C12H14F2N2O2S/c13-10-6-11(14)12(16(17)18)5-8(10)7-15-9-1-3-19-4-2-9/h5-6,9,15H,1-4,7H2.